The highest BCUT2D eigenvalue weighted by atomic mass is 16.2. The molecule has 18 heavy (non-hydrogen) atoms. The number of hydrogen-bond acceptors (Lipinski definition) is 2. The van der Waals surface area contributed by atoms with Crippen LogP contribution in [0.4, 0.5) is 0 Å². The molecule has 0 spiro atoms. The lowest BCUT2D eigenvalue weighted by Gasteiger charge is -2.26. The molecule has 1 fully saturated rings. The Hall–Kier alpha value is -1.35. The maximum atomic E-state index is 11.6. The number of carbonyl (C=O) groups is 1. The van der Waals surface area contributed by atoms with Crippen molar-refractivity contribution < 1.29 is 4.79 Å². The fraction of sp³-hybridized carbons (Fsp3) is 0.533. The third-order valence-electron chi connectivity index (χ3n) is 3.48. The summed E-state index contributed by atoms with van der Waals surface area (Å²) in [7, 11) is 0. The molecule has 0 aromatic heterocycles. The molecule has 0 aliphatic carbocycles. The minimum atomic E-state index is 0.00419. The van der Waals surface area contributed by atoms with E-state index in [-0.39, 0.29) is 11.9 Å². The topological polar surface area (TPSA) is 41.1 Å². The molecular weight excluding hydrogens is 224 g/mol. The van der Waals surface area contributed by atoms with Gasteiger partial charge in [-0.1, -0.05) is 30.3 Å². The van der Waals surface area contributed by atoms with Crippen LogP contribution in [-0.2, 0) is 11.2 Å². The molecule has 1 aromatic carbocycles. The van der Waals surface area contributed by atoms with E-state index >= 15 is 0 Å². The van der Waals surface area contributed by atoms with Crippen molar-refractivity contribution in [2.45, 2.75) is 44.7 Å². The first kappa shape index (κ1) is 13.1. The highest BCUT2D eigenvalue weighted by Gasteiger charge is 2.22. The van der Waals surface area contributed by atoms with E-state index < -0.39 is 0 Å². The van der Waals surface area contributed by atoms with Crippen molar-refractivity contribution in [3.05, 3.63) is 35.9 Å². The quantitative estimate of drug-likeness (QED) is 0.833. The van der Waals surface area contributed by atoms with Crippen LogP contribution < -0.4 is 10.6 Å². The van der Waals surface area contributed by atoms with Crippen LogP contribution in [0.1, 0.15) is 31.7 Å². The van der Waals surface area contributed by atoms with E-state index in [1.165, 1.54) is 5.56 Å². The van der Waals surface area contributed by atoms with Crippen LogP contribution in [0, 0.1) is 0 Å². The van der Waals surface area contributed by atoms with Crippen LogP contribution in [0.3, 0.4) is 0 Å². The second-order valence-corrected chi connectivity index (χ2v) is 5.08. The lowest BCUT2D eigenvalue weighted by atomic mass is 10.0. The maximum Gasteiger partial charge on any atom is 0.237 e. The van der Waals surface area contributed by atoms with Gasteiger partial charge in [0.15, 0.2) is 0 Å². The molecule has 3 nitrogen and oxygen atoms in total. The van der Waals surface area contributed by atoms with Crippen LogP contribution in [-0.4, -0.2) is 24.5 Å². The van der Waals surface area contributed by atoms with E-state index in [1.807, 2.05) is 6.07 Å². The Bertz CT molecular complexity index is 377. The second-order valence-electron chi connectivity index (χ2n) is 5.08. The predicted octanol–water partition coefficient (Wildman–Crippen LogP) is 1.88. The fourth-order valence-electron chi connectivity index (χ4n) is 2.39. The Morgan fingerprint density at radius 1 is 1.39 bits per heavy atom. The van der Waals surface area contributed by atoms with Crippen LogP contribution in [0.15, 0.2) is 30.3 Å². The second kappa shape index (κ2) is 6.55. The number of carbonyl (C=O) groups excluding carboxylic acids is 1. The van der Waals surface area contributed by atoms with Crippen molar-refractivity contribution >= 4 is 5.91 Å². The zero-order valence-electron chi connectivity index (χ0n) is 11.0. The molecule has 98 valence electrons. The third-order valence-corrected chi connectivity index (χ3v) is 3.48. The summed E-state index contributed by atoms with van der Waals surface area (Å²) in [6, 6.07) is 10.9. The van der Waals surface area contributed by atoms with Gasteiger partial charge in [0.1, 0.15) is 0 Å². The van der Waals surface area contributed by atoms with Gasteiger partial charge in [0.25, 0.3) is 0 Å². The molecule has 0 radical (unpaired) electrons. The summed E-state index contributed by atoms with van der Waals surface area (Å²) < 4.78 is 0. The lowest BCUT2D eigenvalue weighted by Crippen LogP contribution is -2.50. The molecule has 2 unspecified atom stereocenters. The van der Waals surface area contributed by atoms with E-state index in [4.69, 9.17) is 0 Å². The molecule has 1 aliphatic rings. The Morgan fingerprint density at radius 2 is 2.17 bits per heavy atom. The largest absolute Gasteiger partial charge is 0.355 e. The molecule has 2 N–H and O–H groups in total. The summed E-state index contributed by atoms with van der Waals surface area (Å²) >= 11 is 0. The monoisotopic (exact) mass is 246 g/mol. The first-order chi connectivity index (χ1) is 8.75. The van der Waals surface area contributed by atoms with Gasteiger partial charge in [-0.2, -0.15) is 0 Å². The average molecular weight is 246 g/mol. The number of benzene rings is 1. The van der Waals surface area contributed by atoms with Crippen molar-refractivity contribution in [1.82, 2.24) is 10.6 Å². The van der Waals surface area contributed by atoms with Gasteiger partial charge in [0, 0.05) is 12.6 Å². The number of rotatable bonds is 5. The van der Waals surface area contributed by atoms with Crippen molar-refractivity contribution in [1.29, 1.82) is 0 Å². The van der Waals surface area contributed by atoms with Crippen LogP contribution in [0.2, 0.25) is 0 Å². The number of piperidine rings is 1. The van der Waals surface area contributed by atoms with Gasteiger partial charge in [0.05, 0.1) is 6.04 Å². The third kappa shape index (κ3) is 3.84. The SMILES string of the molecule is CC(CCc1ccccc1)NC1CCCNC1=O. The van der Waals surface area contributed by atoms with Crippen molar-refractivity contribution in [2.75, 3.05) is 6.54 Å². The number of hydrogen-bond donors (Lipinski definition) is 2. The molecule has 3 heteroatoms. The van der Waals surface area contributed by atoms with Crippen LogP contribution >= 0.6 is 0 Å². The van der Waals surface area contributed by atoms with Gasteiger partial charge in [-0.05, 0) is 38.2 Å². The summed E-state index contributed by atoms with van der Waals surface area (Å²) in [6.07, 6.45) is 4.16. The lowest BCUT2D eigenvalue weighted by molar-refractivity contribution is -0.124. The van der Waals surface area contributed by atoms with Crippen molar-refractivity contribution in [2.24, 2.45) is 0 Å². The van der Waals surface area contributed by atoms with Crippen molar-refractivity contribution in [3.8, 4) is 0 Å². The smallest absolute Gasteiger partial charge is 0.237 e. The molecule has 1 aliphatic heterocycles. The Morgan fingerprint density at radius 3 is 2.89 bits per heavy atom. The molecule has 1 aromatic rings. The van der Waals surface area contributed by atoms with Crippen LogP contribution in [0.25, 0.3) is 0 Å². The van der Waals surface area contributed by atoms with Gasteiger partial charge < -0.3 is 10.6 Å². The standard InChI is InChI=1S/C15H22N2O/c1-12(9-10-13-6-3-2-4-7-13)17-14-8-5-11-16-15(14)18/h2-4,6-7,12,14,17H,5,8-11H2,1H3,(H,16,18). The van der Waals surface area contributed by atoms with Gasteiger partial charge in [-0.3, -0.25) is 4.79 Å². The van der Waals surface area contributed by atoms with E-state index in [0.717, 1.165) is 32.2 Å². The zero-order chi connectivity index (χ0) is 12.8. The normalized spacial score (nSPS) is 21.4. The zero-order valence-corrected chi connectivity index (χ0v) is 11.0. The van der Waals surface area contributed by atoms with Gasteiger partial charge in [-0.25, -0.2) is 0 Å². The highest BCUT2D eigenvalue weighted by Crippen LogP contribution is 2.08. The molecule has 2 rings (SSSR count). The van der Waals surface area contributed by atoms with E-state index in [1.54, 1.807) is 0 Å². The minimum absolute atomic E-state index is 0.00419. The Labute approximate surface area is 109 Å². The number of amides is 1. The van der Waals surface area contributed by atoms with Crippen LogP contribution in [0.5, 0.6) is 0 Å². The number of nitrogens with one attached hydrogen (secondary N) is 2. The first-order valence-corrected chi connectivity index (χ1v) is 6.83. The summed E-state index contributed by atoms with van der Waals surface area (Å²) in [4.78, 5) is 11.6. The molecule has 2 atom stereocenters. The van der Waals surface area contributed by atoms with Gasteiger partial charge >= 0.3 is 0 Å². The van der Waals surface area contributed by atoms with Crippen molar-refractivity contribution in [3.63, 3.8) is 0 Å². The Balaban J connectivity index is 1.74. The summed E-state index contributed by atoms with van der Waals surface area (Å²) in [6.45, 7) is 2.99. The van der Waals surface area contributed by atoms with E-state index in [2.05, 4.69) is 41.8 Å². The maximum absolute atomic E-state index is 11.6. The highest BCUT2D eigenvalue weighted by molar-refractivity contribution is 5.82. The Kier molecular flexibility index (Phi) is 4.76. The summed E-state index contributed by atoms with van der Waals surface area (Å²) in [5.74, 6) is 0.160. The van der Waals surface area contributed by atoms with E-state index in [0.29, 0.717) is 6.04 Å². The predicted molar refractivity (Wildman–Crippen MR) is 73.4 cm³/mol. The van der Waals surface area contributed by atoms with Gasteiger partial charge in [-0.15, -0.1) is 0 Å². The number of aryl methyl sites for hydroxylation is 1. The van der Waals surface area contributed by atoms with E-state index in [9.17, 15) is 4.79 Å². The molecule has 1 heterocycles. The first-order valence-electron chi connectivity index (χ1n) is 6.83. The summed E-state index contributed by atoms with van der Waals surface area (Å²) in [5, 5.41) is 6.34. The molecule has 1 amide bonds. The molecule has 0 saturated carbocycles. The van der Waals surface area contributed by atoms with Gasteiger partial charge in [0.2, 0.25) is 5.91 Å². The summed E-state index contributed by atoms with van der Waals surface area (Å²) in [5.41, 5.74) is 1.36. The average Bonchev–Trinajstić information content (AvgIpc) is 2.40. The minimum Gasteiger partial charge on any atom is -0.355 e. The molecule has 0 bridgehead atoms. The molecular formula is C15H22N2O. The molecule has 1 saturated heterocycles. The fourth-order valence-corrected chi connectivity index (χ4v) is 2.39.